The van der Waals surface area contributed by atoms with E-state index in [1.807, 2.05) is 42.6 Å². The van der Waals surface area contributed by atoms with Crippen molar-refractivity contribution in [3.05, 3.63) is 54.2 Å². The van der Waals surface area contributed by atoms with Crippen molar-refractivity contribution in [2.75, 3.05) is 26.8 Å². The maximum absolute atomic E-state index is 6.19. The number of pyridine rings is 1. The van der Waals surface area contributed by atoms with Crippen molar-refractivity contribution in [1.82, 2.24) is 9.88 Å². The van der Waals surface area contributed by atoms with Gasteiger partial charge in [0.2, 0.25) is 5.88 Å². The van der Waals surface area contributed by atoms with Crippen LogP contribution in [0.5, 0.6) is 11.6 Å². The minimum absolute atomic E-state index is 0.0562. The molecule has 2 aromatic rings. The molecule has 5 heteroatoms. The van der Waals surface area contributed by atoms with Gasteiger partial charge in [0.15, 0.2) is 0 Å². The summed E-state index contributed by atoms with van der Waals surface area (Å²) in [5, 5.41) is 0. The van der Waals surface area contributed by atoms with Crippen molar-refractivity contribution in [3.8, 4) is 11.6 Å². The average molecular weight is 340 g/mol. The van der Waals surface area contributed by atoms with Crippen LogP contribution in [-0.2, 0) is 11.3 Å². The van der Waals surface area contributed by atoms with Crippen molar-refractivity contribution in [1.29, 1.82) is 0 Å². The quantitative estimate of drug-likeness (QED) is 0.837. The molecule has 0 radical (unpaired) electrons. The summed E-state index contributed by atoms with van der Waals surface area (Å²) < 4.78 is 17.4. The Bertz CT molecular complexity index is 692. The van der Waals surface area contributed by atoms with Crippen LogP contribution >= 0.6 is 0 Å². The fraction of sp³-hybridized carbons (Fsp3) is 0.450. The van der Waals surface area contributed by atoms with Crippen LogP contribution in [0.4, 0.5) is 0 Å². The molecular weight excluding hydrogens is 316 g/mol. The number of likely N-dealkylation sites (tertiary alicyclic amines) is 1. The van der Waals surface area contributed by atoms with E-state index < -0.39 is 0 Å². The zero-order valence-electron chi connectivity index (χ0n) is 14.6. The molecule has 5 nitrogen and oxygen atoms in total. The zero-order chi connectivity index (χ0) is 17.1. The van der Waals surface area contributed by atoms with Crippen molar-refractivity contribution in [2.24, 2.45) is 0 Å². The Kier molecular flexibility index (Phi) is 4.59. The molecule has 3 heterocycles. The van der Waals surface area contributed by atoms with Crippen LogP contribution < -0.4 is 9.47 Å². The highest BCUT2D eigenvalue weighted by Crippen LogP contribution is 2.37. The Morgan fingerprint density at radius 1 is 1.24 bits per heavy atom. The van der Waals surface area contributed by atoms with Gasteiger partial charge in [-0.25, -0.2) is 4.98 Å². The Morgan fingerprint density at radius 3 is 2.88 bits per heavy atom. The number of aromatic nitrogens is 1. The molecule has 0 bridgehead atoms. The molecule has 25 heavy (non-hydrogen) atoms. The molecule has 1 aromatic heterocycles. The van der Waals surface area contributed by atoms with Gasteiger partial charge in [-0.2, -0.15) is 0 Å². The van der Waals surface area contributed by atoms with Crippen LogP contribution in [0.25, 0.3) is 0 Å². The maximum atomic E-state index is 6.19. The largest absolute Gasteiger partial charge is 0.488 e. The lowest BCUT2D eigenvalue weighted by Crippen LogP contribution is -2.33. The van der Waals surface area contributed by atoms with Crippen molar-refractivity contribution in [3.63, 3.8) is 0 Å². The second kappa shape index (κ2) is 7.02. The molecule has 2 fully saturated rings. The van der Waals surface area contributed by atoms with E-state index in [1.165, 1.54) is 5.56 Å². The first-order valence-corrected chi connectivity index (χ1v) is 8.82. The lowest BCUT2D eigenvalue weighted by molar-refractivity contribution is 0.00934. The molecule has 0 saturated carbocycles. The monoisotopic (exact) mass is 340 g/mol. The third kappa shape index (κ3) is 3.78. The van der Waals surface area contributed by atoms with Gasteiger partial charge in [0.25, 0.3) is 0 Å². The molecule has 0 amide bonds. The smallest absolute Gasteiger partial charge is 0.212 e. The highest BCUT2D eigenvalue weighted by atomic mass is 16.6. The normalized spacial score (nSPS) is 26.2. The summed E-state index contributed by atoms with van der Waals surface area (Å²) in [7, 11) is 1.64. The number of hydrogen-bond donors (Lipinski definition) is 0. The number of methoxy groups -OCH3 is 1. The number of rotatable bonds is 5. The molecule has 2 aliphatic rings. The third-order valence-electron chi connectivity index (χ3n) is 5.03. The second-order valence-corrected chi connectivity index (χ2v) is 6.92. The molecule has 2 atom stereocenters. The minimum Gasteiger partial charge on any atom is -0.488 e. The van der Waals surface area contributed by atoms with Gasteiger partial charge in [0.05, 0.1) is 19.3 Å². The predicted molar refractivity (Wildman–Crippen MR) is 94.8 cm³/mol. The number of benzene rings is 1. The Morgan fingerprint density at radius 2 is 2.12 bits per heavy atom. The van der Waals surface area contributed by atoms with Crippen molar-refractivity contribution < 1.29 is 14.2 Å². The summed E-state index contributed by atoms with van der Waals surface area (Å²) in [6.45, 7) is 3.57. The van der Waals surface area contributed by atoms with Crippen molar-refractivity contribution in [2.45, 2.75) is 31.1 Å². The minimum atomic E-state index is -0.0562. The lowest BCUT2D eigenvalue weighted by Gasteiger charge is -2.23. The topological polar surface area (TPSA) is 43.8 Å². The standard InChI is InChI=1S/C20H24N2O3/c1-23-19-8-7-16(12-21-19)13-22-10-9-20(15-22)11-18(14-24-20)25-17-5-3-2-4-6-17/h2-8,12,18H,9-11,13-15H2,1H3. The van der Waals surface area contributed by atoms with E-state index in [0.717, 1.165) is 38.2 Å². The van der Waals surface area contributed by atoms with Gasteiger partial charge >= 0.3 is 0 Å². The van der Waals surface area contributed by atoms with Crippen molar-refractivity contribution >= 4 is 0 Å². The van der Waals surface area contributed by atoms with Gasteiger partial charge in [-0.1, -0.05) is 24.3 Å². The number of nitrogens with zero attached hydrogens (tertiary/aromatic N) is 2. The van der Waals surface area contributed by atoms with Gasteiger partial charge in [-0.05, 0) is 24.1 Å². The highest BCUT2D eigenvalue weighted by Gasteiger charge is 2.46. The van der Waals surface area contributed by atoms with Crippen LogP contribution in [0.3, 0.4) is 0 Å². The van der Waals surface area contributed by atoms with Crippen LogP contribution in [-0.4, -0.2) is 48.4 Å². The molecule has 0 aliphatic carbocycles. The van der Waals surface area contributed by atoms with Gasteiger partial charge < -0.3 is 14.2 Å². The first kappa shape index (κ1) is 16.4. The molecule has 0 N–H and O–H groups in total. The van der Waals surface area contributed by atoms with Gasteiger partial charge in [0, 0.05) is 38.3 Å². The second-order valence-electron chi connectivity index (χ2n) is 6.92. The van der Waals surface area contributed by atoms with Crippen LogP contribution in [0.1, 0.15) is 18.4 Å². The van der Waals surface area contributed by atoms with E-state index in [0.29, 0.717) is 12.5 Å². The molecule has 1 aromatic carbocycles. The first-order valence-electron chi connectivity index (χ1n) is 8.82. The molecule has 2 aliphatic heterocycles. The van der Waals surface area contributed by atoms with E-state index in [4.69, 9.17) is 14.2 Å². The van der Waals surface area contributed by atoms with Gasteiger partial charge in [-0.15, -0.1) is 0 Å². The molecule has 2 unspecified atom stereocenters. The van der Waals surface area contributed by atoms with E-state index in [9.17, 15) is 0 Å². The summed E-state index contributed by atoms with van der Waals surface area (Å²) in [6.07, 6.45) is 4.05. The third-order valence-corrected chi connectivity index (χ3v) is 5.03. The first-order chi connectivity index (χ1) is 12.2. The Labute approximate surface area is 148 Å². The molecule has 2 saturated heterocycles. The summed E-state index contributed by atoms with van der Waals surface area (Å²) in [4.78, 5) is 6.73. The maximum Gasteiger partial charge on any atom is 0.212 e. The molecule has 4 rings (SSSR count). The van der Waals surface area contributed by atoms with Crippen LogP contribution in [0, 0.1) is 0 Å². The van der Waals surface area contributed by atoms with Gasteiger partial charge in [0.1, 0.15) is 11.9 Å². The number of para-hydroxylation sites is 1. The molecule has 132 valence electrons. The number of hydrogen-bond acceptors (Lipinski definition) is 5. The molecular formula is C20H24N2O3. The Balaban J connectivity index is 1.32. The SMILES string of the molecule is COc1ccc(CN2CCC3(CC(Oc4ccccc4)CO3)C2)cn1. The summed E-state index contributed by atoms with van der Waals surface area (Å²) in [5.74, 6) is 1.58. The fourth-order valence-corrected chi connectivity index (χ4v) is 3.80. The van der Waals surface area contributed by atoms with Crippen LogP contribution in [0.15, 0.2) is 48.7 Å². The summed E-state index contributed by atoms with van der Waals surface area (Å²) in [5.41, 5.74) is 1.15. The Hall–Kier alpha value is -2.11. The fourth-order valence-electron chi connectivity index (χ4n) is 3.80. The average Bonchev–Trinajstić information content (AvgIpc) is 3.23. The van der Waals surface area contributed by atoms with E-state index in [2.05, 4.69) is 16.0 Å². The van der Waals surface area contributed by atoms with E-state index in [-0.39, 0.29) is 11.7 Å². The van der Waals surface area contributed by atoms with E-state index in [1.54, 1.807) is 7.11 Å². The predicted octanol–water partition coefficient (Wildman–Crippen LogP) is 2.90. The zero-order valence-corrected chi connectivity index (χ0v) is 14.6. The van der Waals surface area contributed by atoms with Crippen LogP contribution in [0.2, 0.25) is 0 Å². The summed E-state index contributed by atoms with van der Waals surface area (Å²) in [6, 6.07) is 14.0. The molecule has 1 spiro atoms. The highest BCUT2D eigenvalue weighted by molar-refractivity contribution is 5.22. The van der Waals surface area contributed by atoms with Gasteiger partial charge in [-0.3, -0.25) is 4.90 Å². The van der Waals surface area contributed by atoms with E-state index >= 15 is 0 Å². The lowest BCUT2D eigenvalue weighted by atomic mass is 9.98. The summed E-state index contributed by atoms with van der Waals surface area (Å²) >= 11 is 0. The number of ether oxygens (including phenoxy) is 3.